The van der Waals surface area contributed by atoms with Crippen LogP contribution >= 0.6 is 0 Å². The molecule has 0 fully saturated rings. The van der Waals surface area contributed by atoms with Gasteiger partial charge in [-0.05, 0) is 39.0 Å². The fourth-order valence-corrected chi connectivity index (χ4v) is 10.8. The molecular formula is C63H60N4OPt-2. The van der Waals surface area contributed by atoms with E-state index in [1.54, 1.807) is 0 Å². The smallest absolute Gasteiger partial charge is 0.0132 e. The molecule has 0 aliphatic carbocycles. The third-order valence-corrected chi connectivity index (χ3v) is 14.6. The van der Waals surface area contributed by atoms with Gasteiger partial charge in [-0.25, -0.2) is 0 Å². The number of aromatic nitrogens is 3. The zero-order chi connectivity index (χ0) is 48.2. The minimum absolute atomic E-state index is 0.00870. The first-order valence-corrected chi connectivity index (χ1v) is 25.3. The summed E-state index contributed by atoms with van der Waals surface area (Å²) in [7, 11) is 0. The zero-order valence-electron chi connectivity index (χ0n) is 41.2. The number of hydrogen-bond donors (Lipinski definition) is 0. The fraction of sp³-hybridized carbons (Fsp3) is 0.238. The molecule has 7 aromatic carbocycles. The van der Waals surface area contributed by atoms with Gasteiger partial charge in [-0.2, -0.15) is 0 Å². The van der Waals surface area contributed by atoms with Crippen molar-refractivity contribution < 1.29 is 24.1 Å². The van der Waals surface area contributed by atoms with E-state index in [1.165, 1.54) is 27.8 Å². The van der Waals surface area contributed by atoms with Crippen LogP contribution in [0, 0.1) is 15.9 Å². The van der Waals surface area contributed by atoms with Crippen molar-refractivity contribution in [1.29, 1.82) is 0 Å². The van der Waals surface area contributed by atoms with Crippen LogP contribution in [0.25, 0.3) is 44.7 Å². The maximum atomic E-state index is 6.85. The van der Waals surface area contributed by atoms with E-state index in [0.717, 1.165) is 72.9 Å². The topological polar surface area (TPSA) is 35.2 Å². The average molecular weight is 1080 g/mol. The van der Waals surface area contributed by atoms with Gasteiger partial charge in [0.1, 0.15) is 0 Å². The number of ether oxygens (including phenoxy) is 1. The first-order valence-electron chi connectivity index (χ1n) is 24.1. The summed E-state index contributed by atoms with van der Waals surface area (Å²) >= 11 is 2.49. The molecule has 0 N–H and O–H groups in total. The second-order valence-electron chi connectivity index (χ2n) is 21.5. The maximum absolute atomic E-state index is 6.85. The van der Waals surface area contributed by atoms with Gasteiger partial charge in [0, 0.05) is 6.20 Å². The van der Waals surface area contributed by atoms with Gasteiger partial charge in [-0.15, -0.1) is 0 Å². The molecule has 9 aromatic rings. The van der Waals surface area contributed by atoms with E-state index in [2.05, 4.69) is 266 Å². The van der Waals surface area contributed by atoms with Gasteiger partial charge < -0.3 is 0 Å². The summed E-state index contributed by atoms with van der Waals surface area (Å²) in [5.74, 6) is 2.34. The van der Waals surface area contributed by atoms with E-state index >= 15 is 0 Å². The van der Waals surface area contributed by atoms with Crippen molar-refractivity contribution >= 4 is 22.5 Å². The maximum Gasteiger partial charge on any atom is -0.0132 e. The summed E-state index contributed by atoms with van der Waals surface area (Å²) in [6, 6.07) is 66.3. The van der Waals surface area contributed by atoms with Gasteiger partial charge in [-0.1, -0.05) is 80.5 Å². The third-order valence-electron chi connectivity index (χ3n) is 13.5. The van der Waals surface area contributed by atoms with Gasteiger partial charge in [0.15, 0.2) is 0 Å². The Balaban J connectivity index is 1.08. The van der Waals surface area contributed by atoms with Crippen LogP contribution in [-0.4, -0.2) is 20.7 Å². The summed E-state index contributed by atoms with van der Waals surface area (Å²) in [4.78, 5) is 7.32. The Labute approximate surface area is 419 Å². The Bertz CT molecular complexity index is 3310. The van der Waals surface area contributed by atoms with E-state index < -0.39 is 0 Å². The quantitative estimate of drug-likeness (QED) is 0.142. The van der Waals surface area contributed by atoms with Crippen LogP contribution < -0.4 is 9.64 Å². The number of rotatable bonds is 8. The number of benzene rings is 7. The molecule has 0 amide bonds. The number of anilines is 2. The van der Waals surface area contributed by atoms with Crippen LogP contribution in [0.5, 0.6) is 11.5 Å². The molecule has 0 bridgehead atoms. The van der Waals surface area contributed by atoms with E-state index in [4.69, 9.17) is 9.72 Å². The predicted molar refractivity (Wildman–Crippen MR) is 281 cm³/mol. The van der Waals surface area contributed by atoms with Crippen molar-refractivity contribution in [3.05, 3.63) is 214 Å². The minimum atomic E-state index is -0.0250. The molecule has 6 heteroatoms. The number of imidazole rings is 1. The molecule has 3 heterocycles. The fourth-order valence-electron chi connectivity index (χ4n) is 9.68. The SMILES string of the molecule is CC(C)(C)c1cc(C2CCN(c3cc(C(C)(C)C)ccn3)c3[c-]c(Oc4[c-]c(-n5[c](=[Pt])n(-c6c(-c7ccccc7)cccc6-c6ccccc6)c6ccccc65)ccc4)ccc32)cc(C(C)(C)C)c1. The molecule has 1 aliphatic rings. The molecule has 350 valence electrons. The van der Waals surface area contributed by atoms with Gasteiger partial charge >= 0.3 is 296 Å². The number of fused-ring (bicyclic) bond motifs is 2. The Hall–Kier alpha value is -6.55. The largest absolute Gasteiger partial charge is 0.0561 e. The summed E-state index contributed by atoms with van der Waals surface area (Å²) in [5.41, 5.74) is 16.3. The number of para-hydroxylation sites is 3. The molecule has 5 nitrogen and oxygen atoms in total. The van der Waals surface area contributed by atoms with Gasteiger partial charge in [0.05, 0.1) is 0 Å². The molecule has 0 radical (unpaired) electrons. The van der Waals surface area contributed by atoms with Crippen molar-refractivity contribution in [2.24, 2.45) is 0 Å². The monoisotopic (exact) mass is 1080 g/mol. The molecule has 0 spiro atoms. The van der Waals surface area contributed by atoms with Crippen LogP contribution in [0.4, 0.5) is 11.5 Å². The van der Waals surface area contributed by atoms with E-state index in [9.17, 15) is 0 Å². The summed E-state index contributed by atoms with van der Waals surface area (Å²) < 4.78 is 12.6. The average Bonchev–Trinajstić information content (AvgIpc) is 3.64. The standard InChI is InChI=1S/C63H60N4O.Pt/c1-61(2,3)46-32-34-64-59(39-46)65-35-33-52(45-36-47(62(4,5)6)38-48(37-45)63(7,8)9)55-31-30-51(41-58(55)65)68-50-25-18-24-49(40-50)66-42-67(57-29-17-16-28-56(57)66)60-53(43-20-12-10-13-21-43)26-19-27-54(60)44-22-14-11-15-23-44;/h10-32,34,36-39,52H,33,35H2,1-9H3;/q-2;. The van der Waals surface area contributed by atoms with Crippen LogP contribution in [0.1, 0.15) is 102 Å². The Morgan fingerprint density at radius 1 is 0.551 bits per heavy atom. The molecule has 10 rings (SSSR count). The van der Waals surface area contributed by atoms with Gasteiger partial charge in [0.25, 0.3) is 0 Å². The predicted octanol–water partition coefficient (Wildman–Crippen LogP) is 16.2. The van der Waals surface area contributed by atoms with E-state index in [0.29, 0.717) is 11.5 Å². The molecule has 69 heavy (non-hydrogen) atoms. The van der Waals surface area contributed by atoms with Gasteiger partial charge in [-0.3, -0.25) is 0 Å². The van der Waals surface area contributed by atoms with Crippen molar-refractivity contribution in [3.63, 3.8) is 0 Å². The Morgan fingerprint density at radius 2 is 1.12 bits per heavy atom. The second kappa shape index (κ2) is 18.1. The molecule has 1 atom stereocenters. The summed E-state index contributed by atoms with van der Waals surface area (Å²) in [6.45, 7) is 21.5. The van der Waals surface area contributed by atoms with Crippen LogP contribution in [0.15, 0.2) is 170 Å². The third kappa shape index (κ3) is 9.10. The molecule has 0 saturated heterocycles. The summed E-state index contributed by atoms with van der Waals surface area (Å²) in [5, 5.41) is 0. The van der Waals surface area contributed by atoms with Crippen LogP contribution in [0.3, 0.4) is 0 Å². The first-order chi connectivity index (χ1) is 33.0. The molecule has 0 saturated carbocycles. The van der Waals surface area contributed by atoms with Crippen molar-refractivity contribution in [2.75, 3.05) is 11.4 Å². The van der Waals surface area contributed by atoms with Crippen molar-refractivity contribution in [1.82, 2.24) is 14.1 Å². The Morgan fingerprint density at radius 3 is 1.72 bits per heavy atom. The van der Waals surface area contributed by atoms with Crippen LogP contribution in [0.2, 0.25) is 0 Å². The molecule has 2 aromatic heterocycles. The van der Waals surface area contributed by atoms with Gasteiger partial charge in [0.2, 0.25) is 0 Å². The molecule has 1 aliphatic heterocycles. The number of hydrogen-bond acceptors (Lipinski definition) is 3. The van der Waals surface area contributed by atoms with Crippen molar-refractivity contribution in [3.8, 4) is 45.1 Å². The van der Waals surface area contributed by atoms with Crippen molar-refractivity contribution in [2.45, 2.75) is 90.9 Å². The number of pyridine rings is 1. The van der Waals surface area contributed by atoms with Crippen LogP contribution in [-0.2, 0) is 35.6 Å². The Kier molecular flexibility index (Phi) is 12.1. The van der Waals surface area contributed by atoms with E-state index in [-0.39, 0.29) is 22.2 Å². The van der Waals surface area contributed by atoms with E-state index in [1.807, 2.05) is 12.3 Å². The first kappa shape index (κ1) is 46.2. The summed E-state index contributed by atoms with van der Waals surface area (Å²) in [6.07, 6.45) is 2.89. The molecule has 1 unspecified atom stereocenters. The number of nitrogens with zero attached hydrogens (tertiary/aromatic N) is 4. The normalized spacial score (nSPS) is 14.2. The minimum Gasteiger partial charge on any atom is -0.0561 e. The zero-order valence-corrected chi connectivity index (χ0v) is 43.4. The second-order valence-corrected chi connectivity index (χ2v) is 22.5. The molecular weight excluding hydrogens is 1020 g/mol.